The summed E-state index contributed by atoms with van der Waals surface area (Å²) in [4.78, 5) is 14.3. The molecular weight excluding hydrogens is 230 g/mol. The van der Waals surface area contributed by atoms with Crippen molar-refractivity contribution in [3.8, 4) is 0 Å². The number of carbonyl (C=O) groups excluding carboxylic acids is 1. The zero-order chi connectivity index (χ0) is 12.7. The number of hydrogen-bond acceptors (Lipinski definition) is 2. The number of nitrogens with zero attached hydrogens (tertiary/aromatic N) is 1. The van der Waals surface area contributed by atoms with Crippen LogP contribution in [0.15, 0.2) is 0 Å². The summed E-state index contributed by atoms with van der Waals surface area (Å²) in [6, 6.07) is 0.529. The van der Waals surface area contributed by atoms with Crippen molar-refractivity contribution in [1.29, 1.82) is 0 Å². The first-order valence-electron chi connectivity index (χ1n) is 7.02. The molecular formula is C14H27NOS. The van der Waals surface area contributed by atoms with Crippen molar-refractivity contribution < 1.29 is 4.79 Å². The highest BCUT2D eigenvalue weighted by Crippen LogP contribution is 2.23. The van der Waals surface area contributed by atoms with Crippen molar-refractivity contribution in [3.63, 3.8) is 0 Å². The predicted molar refractivity (Wildman–Crippen MR) is 76.4 cm³/mol. The van der Waals surface area contributed by atoms with Gasteiger partial charge in [0.2, 0.25) is 5.91 Å². The summed E-state index contributed by atoms with van der Waals surface area (Å²) >= 11 is 1.79. The van der Waals surface area contributed by atoms with Gasteiger partial charge in [-0.05, 0) is 31.4 Å². The minimum atomic E-state index is 0.352. The Balaban J connectivity index is 2.34. The molecule has 100 valence electrons. The molecule has 0 N–H and O–H groups in total. The molecule has 0 saturated heterocycles. The fourth-order valence-electron chi connectivity index (χ4n) is 2.50. The van der Waals surface area contributed by atoms with Crippen LogP contribution in [0, 0.1) is 5.92 Å². The van der Waals surface area contributed by atoms with Gasteiger partial charge < -0.3 is 4.90 Å². The maximum absolute atomic E-state index is 12.2. The van der Waals surface area contributed by atoms with Crippen LogP contribution in [0.25, 0.3) is 0 Å². The third kappa shape index (κ3) is 5.33. The smallest absolute Gasteiger partial charge is 0.232 e. The number of thioether (sulfide) groups is 1. The van der Waals surface area contributed by atoms with Crippen LogP contribution < -0.4 is 0 Å². The minimum Gasteiger partial charge on any atom is -0.339 e. The van der Waals surface area contributed by atoms with E-state index in [2.05, 4.69) is 25.7 Å². The monoisotopic (exact) mass is 257 g/mol. The third-order valence-corrected chi connectivity index (χ3v) is 4.71. The Labute approximate surface area is 111 Å². The molecule has 1 amide bonds. The average Bonchev–Trinajstić information content (AvgIpc) is 2.31. The zero-order valence-electron chi connectivity index (χ0n) is 11.6. The fraction of sp³-hybridized carbons (Fsp3) is 0.929. The van der Waals surface area contributed by atoms with Gasteiger partial charge in [-0.2, -0.15) is 11.8 Å². The van der Waals surface area contributed by atoms with Gasteiger partial charge in [-0.1, -0.05) is 33.1 Å². The molecule has 1 fully saturated rings. The maximum Gasteiger partial charge on any atom is 0.232 e. The van der Waals surface area contributed by atoms with Crippen molar-refractivity contribution in [3.05, 3.63) is 0 Å². The molecule has 2 nitrogen and oxygen atoms in total. The zero-order valence-corrected chi connectivity index (χ0v) is 12.4. The lowest BCUT2D eigenvalue weighted by atomic mass is 9.94. The molecule has 0 aromatic rings. The van der Waals surface area contributed by atoms with E-state index in [0.717, 1.165) is 12.3 Å². The van der Waals surface area contributed by atoms with Crippen LogP contribution in [0.4, 0.5) is 0 Å². The van der Waals surface area contributed by atoms with Crippen molar-refractivity contribution >= 4 is 17.7 Å². The van der Waals surface area contributed by atoms with Crippen molar-refractivity contribution in [2.24, 2.45) is 5.92 Å². The molecule has 0 aromatic carbocycles. The summed E-state index contributed by atoms with van der Waals surface area (Å²) in [5, 5.41) is 0. The van der Waals surface area contributed by atoms with E-state index in [9.17, 15) is 4.79 Å². The van der Waals surface area contributed by atoms with Crippen LogP contribution in [0.3, 0.4) is 0 Å². The SMILES string of the molecule is CCN(C(=O)CSCC(C)C)C1CCCCC1. The Kier molecular flexibility index (Phi) is 7.02. The van der Waals surface area contributed by atoms with Crippen LogP contribution >= 0.6 is 11.8 Å². The van der Waals surface area contributed by atoms with E-state index in [1.165, 1.54) is 32.1 Å². The van der Waals surface area contributed by atoms with Gasteiger partial charge >= 0.3 is 0 Å². The lowest BCUT2D eigenvalue weighted by Gasteiger charge is -2.33. The first kappa shape index (κ1) is 14.9. The number of hydrogen-bond donors (Lipinski definition) is 0. The summed E-state index contributed by atoms with van der Waals surface area (Å²) in [5.41, 5.74) is 0. The average molecular weight is 257 g/mol. The molecule has 1 aliphatic rings. The Morgan fingerprint density at radius 3 is 2.47 bits per heavy atom. The highest BCUT2D eigenvalue weighted by atomic mass is 32.2. The molecule has 0 spiro atoms. The molecule has 0 radical (unpaired) electrons. The van der Waals surface area contributed by atoms with Gasteiger partial charge in [0.1, 0.15) is 0 Å². The van der Waals surface area contributed by atoms with Gasteiger partial charge in [0.05, 0.1) is 5.75 Å². The van der Waals surface area contributed by atoms with Gasteiger partial charge in [-0.15, -0.1) is 0 Å². The second-order valence-electron chi connectivity index (χ2n) is 5.38. The van der Waals surface area contributed by atoms with Crippen molar-refractivity contribution in [2.45, 2.75) is 58.9 Å². The number of carbonyl (C=O) groups is 1. The van der Waals surface area contributed by atoms with Gasteiger partial charge in [0.15, 0.2) is 0 Å². The highest BCUT2D eigenvalue weighted by Gasteiger charge is 2.23. The van der Waals surface area contributed by atoms with Gasteiger partial charge in [-0.25, -0.2) is 0 Å². The normalized spacial score (nSPS) is 17.4. The molecule has 0 heterocycles. The molecule has 1 rings (SSSR count). The summed E-state index contributed by atoms with van der Waals surface area (Å²) in [6.45, 7) is 7.40. The molecule has 0 unspecified atom stereocenters. The summed E-state index contributed by atoms with van der Waals surface area (Å²) in [5.74, 6) is 2.79. The second kappa shape index (κ2) is 8.02. The van der Waals surface area contributed by atoms with Crippen LogP contribution in [-0.4, -0.2) is 34.9 Å². The lowest BCUT2D eigenvalue weighted by Crippen LogP contribution is -2.42. The highest BCUT2D eigenvalue weighted by molar-refractivity contribution is 7.99. The van der Waals surface area contributed by atoms with Gasteiger partial charge in [0.25, 0.3) is 0 Å². The first-order valence-corrected chi connectivity index (χ1v) is 8.17. The first-order chi connectivity index (χ1) is 8.15. The Hall–Kier alpha value is -0.180. The van der Waals surface area contributed by atoms with Crippen LogP contribution in [-0.2, 0) is 4.79 Å². The summed E-state index contributed by atoms with van der Waals surface area (Å²) in [6.07, 6.45) is 6.38. The Morgan fingerprint density at radius 2 is 1.94 bits per heavy atom. The number of rotatable bonds is 6. The largest absolute Gasteiger partial charge is 0.339 e. The maximum atomic E-state index is 12.2. The number of amides is 1. The molecule has 0 aliphatic heterocycles. The van der Waals surface area contributed by atoms with Crippen LogP contribution in [0.1, 0.15) is 52.9 Å². The van der Waals surface area contributed by atoms with Crippen LogP contribution in [0.5, 0.6) is 0 Å². The molecule has 0 bridgehead atoms. The molecule has 3 heteroatoms. The standard InChI is InChI=1S/C14H27NOS/c1-4-15(13-8-6-5-7-9-13)14(16)11-17-10-12(2)3/h12-13H,4-11H2,1-3H3. The van der Waals surface area contributed by atoms with E-state index >= 15 is 0 Å². The van der Waals surface area contributed by atoms with E-state index in [4.69, 9.17) is 0 Å². The molecule has 0 atom stereocenters. The van der Waals surface area contributed by atoms with E-state index in [0.29, 0.717) is 23.6 Å². The van der Waals surface area contributed by atoms with Crippen molar-refractivity contribution in [1.82, 2.24) is 4.90 Å². The van der Waals surface area contributed by atoms with Crippen molar-refractivity contribution in [2.75, 3.05) is 18.1 Å². The molecule has 1 saturated carbocycles. The van der Waals surface area contributed by atoms with E-state index in [1.54, 1.807) is 11.8 Å². The molecule has 17 heavy (non-hydrogen) atoms. The summed E-state index contributed by atoms with van der Waals surface area (Å²) < 4.78 is 0. The Morgan fingerprint density at radius 1 is 1.29 bits per heavy atom. The van der Waals surface area contributed by atoms with Crippen LogP contribution in [0.2, 0.25) is 0 Å². The quantitative estimate of drug-likeness (QED) is 0.725. The minimum absolute atomic E-state index is 0.352. The third-order valence-electron chi connectivity index (χ3n) is 3.35. The predicted octanol–water partition coefficient (Wildman–Crippen LogP) is 3.56. The fourth-order valence-corrected chi connectivity index (χ4v) is 3.43. The second-order valence-corrected chi connectivity index (χ2v) is 6.41. The van der Waals surface area contributed by atoms with E-state index in [-0.39, 0.29) is 0 Å². The van der Waals surface area contributed by atoms with E-state index < -0.39 is 0 Å². The Bertz CT molecular complexity index is 224. The molecule has 1 aliphatic carbocycles. The van der Waals surface area contributed by atoms with E-state index in [1.807, 2.05) is 0 Å². The molecule has 0 aromatic heterocycles. The van der Waals surface area contributed by atoms with Gasteiger partial charge in [-0.3, -0.25) is 4.79 Å². The van der Waals surface area contributed by atoms with Gasteiger partial charge in [0, 0.05) is 12.6 Å². The topological polar surface area (TPSA) is 20.3 Å². The lowest BCUT2D eigenvalue weighted by molar-refractivity contribution is -0.131. The summed E-state index contributed by atoms with van der Waals surface area (Å²) in [7, 11) is 0.